The molecule has 2 atom stereocenters. The topological polar surface area (TPSA) is 33.6 Å². The predicted octanol–water partition coefficient (Wildman–Crippen LogP) is 3.05. The molecular weight excluding hydrogens is 244 g/mol. The third kappa shape index (κ3) is 4.47. The third-order valence-corrected chi connectivity index (χ3v) is 4.82. The van der Waals surface area contributed by atoms with Crippen LogP contribution in [0.1, 0.15) is 45.4 Å². The molecule has 0 amide bonds. The number of nitrogens with one attached hydrogen (secondary N) is 1. The van der Waals surface area contributed by atoms with Crippen LogP contribution in [-0.4, -0.2) is 36.7 Å². The monoisotopic (exact) mass is 270 g/mol. The first-order valence-corrected chi connectivity index (χ1v) is 8.40. The number of thioether (sulfide) groups is 1. The Kier molecular flexibility index (Phi) is 6.35. The molecule has 0 radical (unpaired) electrons. The van der Waals surface area contributed by atoms with Crippen molar-refractivity contribution in [3.8, 4) is 0 Å². The fourth-order valence-electron chi connectivity index (χ4n) is 2.67. The van der Waals surface area contributed by atoms with Gasteiger partial charge in [0.15, 0.2) is 5.17 Å². The van der Waals surface area contributed by atoms with Crippen LogP contribution in [0.3, 0.4) is 0 Å². The Morgan fingerprint density at radius 3 is 3.11 bits per heavy atom. The Morgan fingerprint density at radius 2 is 2.22 bits per heavy atom. The molecule has 1 aliphatic carbocycles. The Morgan fingerprint density at radius 1 is 1.33 bits per heavy atom. The first kappa shape index (κ1) is 14.2. The van der Waals surface area contributed by atoms with E-state index in [1.165, 1.54) is 36.6 Å². The molecule has 2 unspecified atom stereocenters. The number of rotatable bonds is 6. The quantitative estimate of drug-likeness (QED) is 0.753. The van der Waals surface area contributed by atoms with Crippen molar-refractivity contribution in [2.45, 2.75) is 51.5 Å². The van der Waals surface area contributed by atoms with Crippen LogP contribution in [0.5, 0.6) is 0 Å². The summed E-state index contributed by atoms with van der Waals surface area (Å²) in [7, 11) is 0. The molecule has 1 saturated heterocycles. The molecule has 3 nitrogen and oxygen atoms in total. The molecule has 2 aliphatic rings. The molecule has 0 bridgehead atoms. The number of hydrogen-bond donors (Lipinski definition) is 1. The molecule has 0 spiro atoms. The van der Waals surface area contributed by atoms with Crippen LogP contribution in [0.2, 0.25) is 0 Å². The number of aliphatic imine (C=N–C) groups is 1. The van der Waals surface area contributed by atoms with E-state index in [0.29, 0.717) is 6.04 Å². The van der Waals surface area contributed by atoms with Crippen LogP contribution in [0.25, 0.3) is 0 Å². The number of amidine groups is 1. The maximum absolute atomic E-state index is 5.46. The molecule has 1 saturated carbocycles. The van der Waals surface area contributed by atoms with Gasteiger partial charge < -0.3 is 10.1 Å². The Bertz CT molecular complexity index is 271. The smallest absolute Gasteiger partial charge is 0.156 e. The van der Waals surface area contributed by atoms with E-state index < -0.39 is 0 Å². The molecule has 1 N–H and O–H groups in total. The van der Waals surface area contributed by atoms with Gasteiger partial charge in [0.05, 0.1) is 0 Å². The largest absolute Gasteiger partial charge is 0.381 e. The minimum atomic E-state index is 0.704. The molecular formula is C14H26N2OS. The second kappa shape index (κ2) is 8.05. The number of hydrogen-bond acceptors (Lipinski definition) is 3. The molecule has 4 heteroatoms. The van der Waals surface area contributed by atoms with Crippen LogP contribution in [0, 0.1) is 5.92 Å². The van der Waals surface area contributed by atoms with E-state index in [1.54, 1.807) is 0 Å². The van der Waals surface area contributed by atoms with Crippen molar-refractivity contribution in [1.82, 2.24) is 5.32 Å². The van der Waals surface area contributed by atoms with Gasteiger partial charge in [0, 0.05) is 31.6 Å². The summed E-state index contributed by atoms with van der Waals surface area (Å²) in [6, 6.07) is 0.704. The molecule has 0 aromatic carbocycles. The van der Waals surface area contributed by atoms with Crippen LogP contribution in [0.15, 0.2) is 4.99 Å². The molecule has 104 valence electrons. The van der Waals surface area contributed by atoms with Crippen LogP contribution in [-0.2, 0) is 4.74 Å². The van der Waals surface area contributed by atoms with Crippen LogP contribution >= 0.6 is 11.8 Å². The second-order valence-electron chi connectivity index (χ2n) is 5.26. The lowest BCUT2D eigenvalue weighted by molar-refractivity contribution is 0.134. The van der Waals surface area contributed by atoms with Crippen molar-refractivity contribution < 1.29 is 4.74 Å². The zero-order chi connectivity index (χ0) is 12.6. The summed E-state index contributed by atoms with van der Waals surface area (Å²) in [5.74, 6) is 2.15. The highest BCUT2D eigenvalue weighted by atomic mass is 32.2. The fraction of sp³-hybridized carbons (Fsp3) is 0.929. The highest BCUT2D eigenvalue weighted by Crippen LogP contribution is 2.31. The molecule has 18 heavy (non-hydrogen) atoms. The molecule has 2 rings (SSSR count). The van der Waals surface area contributed by atoms with Gasteiger partial charge in [-0.2, -0.15) is 0 Å². The van der Waals surface area contributed by atoms with Gasteiger partial charge in [-0.3, -0.25) is 4.99 Å². The normalized spacial score (nSPS) is 29.9. The van der Waals surface area contributed by atoms with E-state index in [4.69, 9.17) is 4.74 Å². The van der Waals surface area contributed by atoms with Crippen molar-refractivity contribution in [3.05, 3.63) is 0 Å². The van der Waals surface area contributed by atoms with E-state index in [2.05, 4.69) is 17.2 Å². The molecule has 1 heterocycles. The standard InChI is InChI=1S/C14H26N2OS/c1-2-9-17-10-5-8-15-14-16-13-7-4-3-6-12(13)11-18-14/h12-13H,2-11H2,1H3,(H,15,16). The Hall–Kier alpha value is -0.220. The highest BCUT2D eigenvalue weighted by Gasteiger charge is 2.29. The lowest BCUT2D eigenvalue weighted by Gasteiger charge is -2.36. The SMILES string of the molecule is CCCOCCCN=C1NC2CCCCC2CS1. The molecule has 2 fully saturated rings. The minimum Gasteiger partial charge on any atom is -0.381 e. The summed E-state index contributed by atoms with van der Waals surface area (Å²) in [6.07, 6.45) is 7.70. The zero-order valence-electron chi connectivity index (χ0n) is 11.5. The fourth-order valence-corrected chi connectivity index (χ4v) is 3.86. The Labute approximate surface area is 115 Å². The van der Waals surface area contributed by atoms with E-state index in [0.717, 1.165) is 38.5 Å². The number of fused-ring (bicyclic) bond motifs is 1. The van der Waals surface area contributed by atoms with Crippen LogP contribution in [0.4, 0.5) is 0 Å². The molecule has 0 aromatic heterocycles. The van der Waals surface area contributed by atoms with Crippen molar-refractivity contribution in [2.75, 3.05) is 25.5 Å². The lowest BCUT2D eigenvalue weighted by atomic mass is 9.86. The Balaban J connectivity index is 1.63. The van der Waals surface area contributed by atoms with Crippen molar-refractivity contribution >= 4 is 16.9 Å². The van der Waals surface area contributed by atoms with Gasteiger partial charge in [-0.05, 0) is 31.6 Å². The van der Waals surface area contributed by atoms with Crippen molar-refractivity contribution in [2.24, 2.45) is 10.9 Å². The second-order valence-corrected chi connectivity index (χ2v) is 6.27. The van der Waals surface area contributed by atoms with Gasteiger partial charge in [-0.1, -0.05) is 31.5 Å². The molecule has 1 aliphatic heterocycles. The van der Waals surface area contributed by atoms with E-state index >= 15 is 0 Å². The lowest BCUT2D eigenvalue weighted by Crippen LogP contribution is -2.46. The summed E-state index contributed by atoms with van der Waals surface area (Å²) in [6.45, 7) is 4.77. The predicted molar refractivity (Wildman–Crippen MR) is 79.4 cm³/mol. The van der Waals surface area contributed by atoms with Gasteiger partial charge in [0.25, 0.3) is 0 Å². The van der Waals surface area contributed by atoms with Gasteiger partial charge in [0.2, 0.25) is 0 Å². The summed E-state index contributed by atoms with van der Waals surface area (Å²) < 4.78 is 5.46. The summed E-state index contributed by atoms with van der Waals surface area (Å²) in [5.41, 5.74) is 0. The summed E-state index contributed by atoms with van der Waals surface area (Å²) in [5, 5.41) is 4.80. The maximum Gasteiger partial charge on any atom is 0.156 e. The van der Waals surface area contributed by atoms with Gasteiger partial charge >= 0.3 is 0 Å². The number of nitrogens with zero attached hydrogens (tertiary/aromatic N) is 1. The van der Waals surface area contributed by atoms with Gasteiger partial charge in [0.1, 0.15) is 0 Å². The van der Waals surface area contributed by atoms with Crippen molar-refractivity contribution in [3.63, 3.8) is 0 Å². The highest BCUT2D eigenvalue weighted by molar-refractivity contribution is 8.13. The van der Waals surface area contributed by atoms with Gasteiger partial charge in [-0.25, -0.2) is 0 Å². The van der Waals surface area contributed by atoms with E-state index in [-0.39, 0.29) is 0 Å². The van der Waals surface area contributed by atoms with E-state index in [9.17, 15) is 0 Å². The average molecular weight is 270 g/mol. The summed E-state index contributed by atoms with van der Waals surface area (Å²) >= 11 is 1.92. The number of ether oxygens (including phenoxy) is 1. The van der Waals surface area contributed by atoms with E-state index in [1.807, 2.05) is 11.8 Å². The van der Waals surface area contributed by atoms with Gasteiger partial charge in [-0.15, -0.1) is 0 Å². The summed E-state index contributed by atoms with van der Waals surface area (Å²) in [4.78, 5) is 4.66. The van der Waals surface area contributed by atoms with Crippen LogP contribution < -0.4 is 5.32 Å². The average Bonchev–Trinajstić information content (AvgIpc) is 2.42. The maximum atomic E-state index is 5.46. The minimum absolute atomic E-state index is 0.704. The van der Waals surface area contributed by atoms with Crippen molar-refractivity contribution in [1.29, 1.82) is 0 Å². The first-order chi connectivity index (χ1) is 8.90. The zero-order valence-corrected chi connectivity index (χ0v) is 12.3. The first-order valence-electron chi connectivity index (χ1n) is 7.41. The molecule has 0 aromatic rings. The third-order valence-electron chi connectivity index (χ3n) is 3.70.